The van der Waals surface area contributed by atoms with Crippen molar-refractivity contribution in [3.63, 3.8) is 0 Å². The molecule has 36 heavy (non-hydrogen) atoms. The smallest absolute Gasteiger partial charge is 0.258 e. The first-order valence-electron chi connectivity index (χ1n) is 11.2. The van der Waals surface area contributed by atoms with Crippen LogP contribution in [0.5, 0.6) is 0 Å². The van der Waals surface area contributed by atoms with Gasteiger partial charge in [0.1, 0.15) is 0 Å². The third-order valence-corrected chi connectivity index (χ3v) is 7.44. The van der Waals surface area contributed by atoms with E-state index in [0.29, 0.717) is 32.0 Å². The molecule has 2 heterocycles. The van der Waals surface area contributed by atoms with Crippen LogP contribution in [0.2, 0.25) is 10.0 Å². The van der Waals surface area contributed by atoms with E-state index in [2.05, 4.69) is 34.6 Å². The Labute approximate surface area is 221 Å². The van der Waals surface area contributed by atoms with Gasteiger partial charge in [-0.05, 0) is 41.1 Å². The maximum absolute atomic E-state index is 13.4. The number of carbonyl (C=O) groups is 1. The molecule has 4 nitrogen and oxygen atoms in total. The van der Waals surface area contributed by atoms with Crippen LogP contribution in [-0.4, -0.2) is 15.9 Å². The lowest BCUT2D eigenvalue weighted by molar-refractivity contribution is 0.102. The minimum absolute atomic E-state index is 0.255. The van der Waals surface area contributed by atoms with Crippen LogP contribution in [0.1, 0.15) is 10.4 Å². The fourth-order valence-electron chi connectivity index (χ4n) is 4.14. The Morgan fingerprint density at radius 3 is 2.33 bits per heavy atom. The SMILES string of the molecule is O=C(Nc1nc(-c2ccc3ccccc3c2)cs1)c1cc(-c2ccc(Cl)c(Cl)c2)nc2ccccc12. The molecule has 0 bridgehead atoms. The van der Waals surface area contributed by atoms with Crippen molar-refractivity contribution in [3.05, 3.63) is 112 Å². The zero-order valence-corrected chi connectivity index (χ0v) is 21.0. The van der Waals surface area contributed by atoms with Crippen molar-refractivity contribution in [1.29, 1.82) is 0 Å². The molecule has 1 N–H and O–H groups in total. The van der Waals surface area contributed by atoms with E-state index in [9.17, 15) is 4.79 Å². The van der Waals surface area contributed by atoms with E-state index >= 15 is 0 Å². The molecular weight excluding hydrogens is 509 g/mol. The largest absolute Gasteiger partial charge is 0.298 e. The van der Waals surface area contributed by atoms with Crippen LogP contribution in [0.25, 0.3) is 44.2 Å². The normalized spacial score (nSPS) is 11.2. The summed E-state index contributed by atoms with van der Waals surface area (Å²) in [6.07, 6.45) is 0. The van der Waals surface area contributed by atoms with Gasteiger partial charge in [-0.3, -0.25) is 10.1 Å². The van der Waals surface area contributed by atoms with E-state index < -0.39 is 0 Å². The predicted octanol–water partition coefficient (Wildman–Crippen LogP) is 8.74. The highest BCUT2D eigenvalue weighted by Gasteiger charge is 2.16. The van der Waals surface area contributed by atoms with E-state index in [0.717, 1.165) is 27.6 Å². The highest BCUT2D eigenvalue weighted by atomic mass is 35.5. The average Bonchev–Trinajstić information content (AvgIpc) is 3.37. The van der Waals surface area contributed by atoms with Crippen molar-refractivity contribution in [2.24, 2.45) is 0 Å². The number of rotatable bonds is 4. The van der Waals surface area contributed by atoms with Gasteiger partial charge in [-0.2, -0.15) is 0 Å². The fraction of sp³-hybridized carbons (Fsp3) is 0. The molecule has 0 atom stereocenters. The maximum atomic E-state index is 13.4. The number of pyridine rings is 1. The maximum Gasteiger partial charge on any atom is 0.258 e. The van der Waals surface area contributed by atoms with Crippen molar-refractivity contribution in [3.8, 4) is 22.5 Å². The van der Waals surface area contributed by atoms with Crippen LogP contribution in [0.15, 0.2) is 96.4 Å². The lowest BCUT2D eigenvalue weighted by Crippen LogP contribution is -2.13. The Bertz CT molecular complexity index is 1780. The van der Waals surface area contributed by atoms with Gasteiger partial charge in [0, 0.05) is 21.9 Å². The quantitative estimate of drug-likeness (QED) is 0.250. The number of amides is 1. The van der Waals surface area contributed by atoms with E-state index in [1.807, 2.05) is 53.9 Å². The monoisotopic (exact) mass is 525 g/mol. The summed E-state index contributed by atoms with van der Waals surface area (Å²) in [5.74, 6) is -0.255. The molecule has 0 aliphatic carbocycles. The molecule has 0 saturated heterocycles. The molecular formula is C29H17Cl2N3OS. The van der Waals surface area contributed by atoms with Gasteiger partial charge in [-0.1, -0.05) is 83.9 Å². The molecule has 2 aromatic heterocycles. The molecule has 0 radical (unpaired) electrons. The van der Waals surface area contributed by atoms with Crippen molar-refractivity contribution >= 4 is 67.3 Å². The summed E-state index contributed by atoms with van der Waals surface area (Å²) in [7, 11) is 0. The summed E-state index contributed by atoms with van der Waals surface area (Å²) in [5.41, 5.74) is 4.44. The van der Waals surface area contributed by atoms with E-state index in [-0.39, 0.29) is 5.91 Å². The molecule has 174 valence electrons. The lowest BCUT2D eigenvalue weighted by atomic mass is 10.0. The van der Waals surface area contributed by atoms with Crippen LogP contribution in [0, 0.1) is 0 Å². The predicted molar refractivity (Wildman–Crippen MR) is 150 cm³/mol. The summed E-state index contributed by atoms with van der Waals surface area (Å²) in [6, 6.07) is 29.1. The first-order chi connectivity index (χ1) is 17.5. The number of aromatic nitrogens is 2. The van der Waals surface area contributed by atoms with Gasteiger partial charge in [0.05, 0.1) is 32.5 Å². The molecule has 4 aromatic carbocycles. The third kappa shape index (κ3) is 4.33. The summed E-state index contributed by atoms with van der Waals surface area (Å²) in [6.45, 7) is 0. The number of para-hydroxylation sites is 1. The number of thiazole rings is 1. The Hall–Kier alpha value is -3.77. The zero-order chi connectivity index (χ0) is 24.6. The molecule has 0 spiro atoms. The highest BCUT2D eigenvalue weighted by Crippen LogP contribution is 2.32. The molecule has 0 fully saturated rings. The van der Waals surface area contributed by atoms with Gasteiger partial charge < -0.3 is 0 Å². The van der Waals surface area contributed by atoms with Crippen LogP contribution < -0.4 is 5.32 Å². The molecule has 6 rings (SSSR count). The number of benzene rings is 4. The summed E-state index contributed by atoms with van der Waals surface area (Å²) in [5, 5.41) is 9.41. The Morgan fingerprint density at radius 2 is 1.47 bits per heavy atom. The van der Waals surface area contributed by atoms with Gasteiger partial charge in [-0.25, -0.2) is 9.97 Å². The number of hydrogen-bond acceptors (Lipinski definition) is 4. The molecule has 7 heteroatoms. The second-order valence-electron chi connectivity index (χ2n) is 8.26. The van der Waals surface area contributed by atoms with Crippen LogP contribution >= 0.6 is 34.5 Å². The van der Waals surface area contributed by atoms with Crippen LogP contribution in [-0.2, 0) is 0 Å². The summed E-state index contributed by atoms with van der Waals surface area (Å²) < 4.78 is 0. The van der Waals surface area contributed by atoms with Crippen molar-refractivity contribution in [2.75, 3.05) is 5.32 Å². The number of fused-ring (bicyclic) bond motifs is 2. The van der Waals surface area contributed by atoms with Crippen LogP contribution in [0.4, 0.5) is 5.13 Å². The van der Waals surface area contributed by atoms with Crippen molar-refractivity contribution < 1.29 is 4.79 Å². The molecule has 0 unspecified atom stereocenters. The Balaban J connectivity index is 1.34. The van der Waals surface area contributed by atoms with Gasteiger partial charge >= 0.3 is 0 Å². The van der Waals surface area contributed by atoms with E-state index in [4.69, 9.17) is 28.2 Å². The average molecular weight is 526 g/mol. The second kappa shape index (κ2) is 9.36. The first kappa shape index (κ1) is 22.7. The fourth-order valence-corrected chi connectivity index (χ4v) is 5.16. The van der Waals surface area contributed by atoms with Gasteiger partial charge in [0.2, 0.25) is 0 Å². The summed E-state index contributed by atoms with van der Waals surface area (Å²) >= 11 is 13.7. The minimum Gasteiger partial charge on any atom is -0.298 e. The number of nitrogens with one attached hydrogen (secondary N) is 1. The standard InChI is InChI=1S/C29H17Cl2N3OS/c30-23-12-11-20(14-24(23)31)26-15-22(21-7-3-4-8-25(21)32-26)28(35)34-29-33-27(16-36-29)19-10-9-17-5-1-2-6-18(17)13-19/h1-16H,(H,33,34,35). The molecule has 0 aliphatic heterocycles. The second-order valence-corrected chi connectivity index (χ2v) is 9.93. The zero-order valence-electron chi connectivity index (χ0n) is 18.7. The number of hydrogen-bond donors (Lipinski definition) is 1. The topological polar surface area (TPSA) is 54.9 Å². The molecule has 1 amide bonds. The number of anilines is 1. The third-order valence-electron chi connectivity index (χ3n) is 5.95. The number of carbonyl (C=O) groups excluding carboxylic acids is 1. The minimum atomic E-state index is -0.255. The molecule has 6 aromatic rings. The van der Waals surface area contributed by atoms with E-state index in [1.165, 1.54) is 16.7 Å². The lowest BCUT2D eigenvalue weighted by Gasteiger charge is -2.10. The van der Waals surface area contributed by atoms with Crippen molar-refractivity contribution in [1.82, 2.24) is 9.97 Å². The molecule has 0 saturated carbocycles. The Morgan fingerprint density at radius 1 is 0.722 bits per heavy atom. The van der Waals surface area contributed by atoms with Crippen molar-refractivity contribution in [2.45, 2.75) is 0 Å². The number of halogens is 2. The van der Waals surface area contributed by atoms with E-state index in [1.54, 1.807) is 18.2 Å². The highest BCUT2D eigenvalue weighted by molar-refractivity contribution is 7.14. The summed E-state index contributed by atoms with van der Waals surface area (Å²) in [4.78, 5) is 22.8. The van der Waals surface area contributed by atoms with Gasteiger partial charge in [-0.15, -0.1) is 11.3 Å². The molecule has 0 aliphatic rings. The Kier molecular flexibility index (Phi) is 5.89. The first-order valence-corrected chi connectivity index (χ1v) is 12.8. The van der Waals surface area contributed by atoms with Gasteiger partial charge in [0.25, 0.3) is 5.91 Å². The van der Waals surface area contributed by atoms with Gasteiger partial charge in [0.15, 0.2) is 5.13 Å². The van der Waals surface area contributed by atoms with Crippen LogP contribution in [0.3, 0.4) is 0 Å². The number of nitrogens with zero attached hydrogens (tertiary/aromatic N) is 2.